The molecule has 0 bridgehead atoms. The Balaban J connectivity index is 1.65. The molecule has 1 amide bonds. The van der Waals surface area contributed by atoms with E-state index in [1.54, 1.807) is 0 Å². The maximum atomic E-state index is 12.7. The topological polar surface area (TPSA) is 66.4 Å². The molecule has 2 aliphatic carbocycles. The highest BCUT2D eigenvalue weighted by atomic mass is 16.4. The molecule has 24 heavy (non-hydrogen) atoms. The summed E-state index contributed by atoms with van der Waals surface area (Å²) in [6.07, 6.45) is 7.60. The van der Waals surface area contributed by atoms with Crippen molar-refractivity contribution in [2.75, 3.05) is 0 Å². The third kappa shape index (κ3) is 4.16. The molecule has 3 rings (SSSR count). The Morgan fingerprint density at radius 3 is 2.33 bits per heavy atom. The van der Waals surface area contributed by atoms with Gasteiger partial charge in [0.25, 0.3) is 0 Å². The van der Waals surface area contributed by atoms with Gasteiger partial charge in [0.05, 0.1) is 12.0 Å². The van der Waals surface area contributed by atoms with Crippen LogP contribution in [-0.2, 0) is 9.59 Å². The summed E-state index contributed by atoms with van der Waals surface area (Å²) in [4.78, 5) is 24.0. The molecule has 0 radical (unpaired) electrons. The quantitative estimate of drug-likeness (QED) is 0.831. The number of carbonyl (C=O) groups is 2. The Kier molecular flexibility index (Phi) is 5.54. The summed E-state index contributed by atoms with van der Waals surface area (Å²) >= 11 is 0. The summed E-state index contributed by atoms with van der Waals surface area (Å²) in [5.41, 5.74) is 1.16. The highest BCUT2D eigenvalue weighted by Gasteiger charge is 2.32. The van der Waals surface area contributed by atoms with Crippen LogP contribution in [0.15, 0.2) is 30.3 Å². The van der Waals surface area contributed by atoms with Crippen LogP contribution < -0.4 is 5.32 Å². The molecule has 3 unspecified atom stereocenters. The molecule has 4 nitrogen and oxygen atoms in total. The molecule has 2 fully saturated rings. The molecular weight excluding hydrogens is 302 g/mol. The highest BCUT2D eigenvalue weighted by Crippen LogP contribution is 2.35. The zero-order chi connectivity index (χ0) is 16.9. The predicted octanol–water partition coefficient (Wildman–Crippen LogP) is 3.93. The molecule has 0 heterocycles. The Bertz CT molecular complexity index is 568. The third-order valence-corrected chi connectivity index (χ3v) is 5.71. The van der Waals surface area contributed by atoms with Crippen LogP contribution in [0.1, 0.15) is 63.0 Å². The van der Waals surface area contributed by atoms with Crippen LogP contribution in [0, 0.1) is 17.8 Å². The first-order valence-corrected chi connectivity index (χ1v) is 9.21. The zero-order valence-corrected chi connectivity index (χ0v) is 14.1. The van der Waals surface area contributed by atoms with E-state index >= 15 is 0 Å². The molecule has 2 aliphatic rings. The normalized spacial score (nSPS) is 25.5. The number of benzene rings is 1. The van der Waals surface area contributed by atoms with Crippen molar-refractivity contribution in [3.63, 3.8) is 0 Å². The fourth-order valence-electron chi connectivity index (χ4n) is 3.97. The molecular formula is C20H27NO3. The van der Waals surface area contributed by atoms with Crippen LogP contribution in [-0.4, -0.2) is 17.0 Å². The molecule has 0 aromatic heterocycles. The molecule has 130 valence electrons. The smallest absolute Gasteiger partial charge is 0.306 e. The maximum absolute atomic E-state index is 12.7. The molecule has 4 heteroatoms. The Hall–Kier alpha value is -1.84. The van der Waals surface area contributed by atoms with Gasteiger partial charge in [-0.2, -0.15) is 0 Å². The number of nitrogens with one attached hydrogen (secondary N) is 1. The molecule has 0 saturated heterocycles. The third-order valence-electron chi connectivity index (χ3n) is 5.71. The van der Waals surface area contributed by atoms with E-state index in [4.69, 9.17) is 0 Å². The second-order valence-corrected chi connectivity index (χ2v) is 7.40. The summed E-state index contributed by atoms with van der Waals surface area (Å²) in [5.74, 6) is -0.548. The Morgan fingerprint density at radius 1 is 1.04 bits per heavy atom. The van der Waals surface area contributed by atoms with Gasteiger partial charge < -0.3 is 10.4 Å². The van der Waals surface area contributed by atoms with Gasteiger partial charge in [0.15, 0.2) is 0 Å². The van der Waals surface area contributed by atoms with Gasteiger partial charge in [0, 0.05) is 5.92 Å². The molecule has 2 N–H and O–H groups in total. The van der Waals surface area contributed by atoms with Crippen LogP contribution in [0.5, 0.6) is 0 Å². The number of amides is 1. The minimum Gasteiger partial charge on any atom is -0.481 e. The molecule has 3 atom stereocenters. The zero-order valence-electron chi connectivity index (χ0n) is 14.1. The summed E-state index contributed by atoms with van der Waals surface area (Å²) in [7, 11) is 0. The largest absolute Gasteiger partial charge is 0.481 e. The average molecular weight is 329 g/mol. The van der Waals surface area contributed by atoms with Crippen molar-refractivity contribution < 1.29 is 14.7 Å². The van der Waals surface area contributed by atoms with Crippen molar-refractivity contribution >= 4 is 11.9 Å². The molecule has 0 spiro atoms. The monoisotopic (exact) mass is 329 g/mol. The van der Waals surface area contributed by atoms with Crippen molar-refractivity contribution in [2.45, 2.75) is 57.4 Å². The van der Waals surface area contributed by atoms with Crippen LogP contribution in [0.25, 0.3) is 0 Å². The van der Waals surface area contributed by atoms with Gasteiger partial charge in [-0.05, 0) is 37.2 Å². The molecule has 2 saturated carbocycles. The van der Waals surface area contributed by atoms with Crippen molar-refractivity contribution in [1.82, 2.24) is 5.32 Å². The Morgan fingerprint density at radius 2 is 1.71 bits per heavy atom. The number of carbonyl (C=O) groups excluding carboxylic acids is 1. The number of aliphatic carboxylic acids is 1. The van der Waals surface area contributed by atoms with E-state index in [9.17, 15) is 14.7 Å². The molecule has 1 aromatic carbocycles. The number of carboxylic acids is 1. The second kappa shape index (κ2) is 7.82. The fraction of sp³-hybridized carbons (Fsp3) is 0.600. The number of hydrogen-bond donors (Lipinski definition) is 2. The summed E-state index contributed by atoms with van der Waals surface area (Å²) in [6.45, 7) is 0. The first-order chi connectivity index (χ1) is 11.6. The maximum Gasteiger partial charge on any atom is 0.306 e. The van der Waals surface area contributed by atoms with Crippen molar-refractivity contribution in [3.05, 3.63) is 35.9 Å². The number of carboxylic acid groups (broad SMARTS) is 1. The van der Waals surface area contributed by atoms with Gasteiger partial charge in [0.1, 0.15) is 0 Å². The van der Waals surface area contributed by atoms with Crippen molar-refractivity contribution in [1.29, 1.82) is 0 Å². The van der Waals surface area contributed by atoms with Gasteiger partial charge >= 0.3 is 5.97 Å². The van der Waals surface area contributed by atoms with Gasteiger partial charge in [-0.1, -0.05) is 56.0 Å². The first-order valence-electron chi connectivity index (χ1n) is 9.21. The van der Waals surface area contributed by atoms with E-state index in [-0.39, 0.29) is 23.8 Å². The number of hydrogen-bond acceptors (Lipinski definition) is 2. The standard InChI is InChI=1S/C20H27NO3/c22-19(16-10-5-11-17(13-16)20(23)24)21-18(12-14-6-4-7-14)15-8-2-1-3-9-15/h1-3,8-9,14,16-18H,4-7,10-13H2,(H,21,22)(H,23,24). The van der Waals surface area contributed by atoms with Gasteiger partial charge in [-0.3, -0.25) is 9.59 Å². The van der Waals surface area contributed by atoms with Gasteiger partial charge in [-0.15, -0.1) is 0 Å². The molecule has 0 aliphatic heterocycles. The van der Waals surface area contributed by atoms with Crippen LogP contribution in [0.3, 0.4) is 0 Å². The van der Waals surface area contributed by atoms with Crippen molar-refractivity contribution in [2.24, 2.45) is 17.8 Å². The lowest BCUT2D eigenvalue weighted by Gasteiger charge is -2.32. The second-order valence-electron chi connectivity index (χ2n) is 7.40. The van der Waals surface area contributed by atoms with E-state index in [0.717, 1.165) is 24.8 Å². The average Bonchev–Trinajstić information content (AvgIpc) is 2.57. The van der Waals surface area contributed by atoms with Gasteiger partial charge in [-0.25, -0.2) is 0 Å². The lowest BCUT2D eigenvalue weighted by atomic mass is 9.78. The van der Waals surface area contributed by atoms with Crippen molar-refractivity contribution in [3.8, 4) is 0 Å². The van der Waals surface area contributed by atoms with E-state index < -0.39 is 5.97 Å². The summed E-state index contributed by atoms with van der Waals surface area (Å²) in [6, 6.07) is 10.2. The minimum absolute atomic E-state index is 0.0362. The van der Waals surface area contributed by atoms with E-state index in [0.29, 0.717) is 18.8 Å². The lowest BCUT2D eigenvalue weighted by molar-refractivity contribution is -0.144. The van der Waals surface area contributed by atoms with E-state index in [1.807, 2.05) is 18.2 Å². The van der Waals surface area contributed by atoms with E-state index in [2.05, 4.69) is 17.4 Å². The Labute approximate surface area is 143 Å². The summed E-state index contributed by atoms with van der Waals surface area (Å²) in [5, 5.41) is 12.5. The van der Waals surface area contributed by atoms with E-state index in [1.165, 1.54) is 19.3 Å². The van der Waals surface area contributed by atoms with Crippen LogP contribution in [0.2, 0.25) is 0 Å². The van der Waals surface area contributed by atoms with Crippen LogP contribution in [0.4, 0.5) is 0 Å². The minimum atomic E-state index is -0.762. The SMILES string of the molecule is O=C(O)C1CCCC(C(=O)NC(CC2CCC2)c2ccccc2)C1. The van der Waals surface area contributed by atoms with Crippen LogP contribution >= 0.6 is 0 Å². The van der Waals surface area contributed by atoms with Gasteiger partial charge in [0.2, 0.25) is 5.91 Å². The summed E-state index contributed by atoms with van der Waals surface area (Å²) < 4.78 is 0. The lowest BCUT2D eigenvalue weighted by Crippen LogP contribution is -2.38. The first kappa shape index (κ1) is 17.0. The highest BCUT2D eigenvalue weighted by molar-refractivity contribution is 5.80. The predicted molar refractivity (Wildman–Crippen MR) is 92.4 cm³/mol. The fourth-order valence-corrected chi connectivity index (χ4v) is 3.97. The number of rotatable bonds is 6. The molecule has 1 aromatic rings.